The zero-order chi connectivity index (χ0) is 21.6. The molecule has 1 aromatic carbocycles. The highest BCUT2D eigenvalue weighted by Crippen LogP contribution is 2.25. The zero-order valence-corrected chi connectivity index (χ0v) is 17.6. The van der Waals surface area contributed by atoms with Crippen molar-refractivity contribution in [3.63, 3.8) is 0 Å². The number of likely N-dealkylation sites (tertiary alicyclic amines) is 1. The molecule has 1 aromatic heterocycles. The van der Waals surface area contributed by atoms with E-state index in [1.54, 1.807) is 24.4 Å². The van der Waals surface area contributed by atoms with Crippen LogP contribution in [0.15, 0.2) is 54.9 Å². The van der Waals surface area contributed by atoms with Crippen LogP contribution < -0.4 is 10.1 Å². The van der Waals surface area contributed by atoms with Gasteiger partial charge in [-0.25, -0.2) is 9.37 Å². The summed E-state index contributed by atoms with van der Waals surface area (Å²) < 4.78 is 18.6. The van der Waals surface area contributed by atoms with Crippen molar-refractivity contribution in [3.05, 3.63) is 71.8 Å². The van der Waals surface area contributed by atoms with Gasteiger partial charge in [-0.1, -0.05) is 6.58 Å². The average molecular weight is 422 g/mol. The third-order valence-electron chi connectivity index (χ3n) is 5.93. The molecule has 1 fully saturated rings. The van der Waals surface area contributed by atoms with E-state index in [4.69, 9.17) is 4.74 Å². The summed E-state index contributed by atoms with van der Waals surface area (Å²) in [5.74, 6) is 1.89. The number of rotatable bonds is 6. The minimum absolute atomic E-state index is 0.0465. The summed E-state index contributed by atoms with van der Waals surface area (Å²) in [5, 5.41) is 3.20. The Balaban J connectivity index is 1.21. The Morgan fingerprint density at radius 2 is 2.03 bits per heavy atom. The van der Waals surface area contributed by atoms with Gasteiger partial charge in [-0.2, -0.15) is 0 Å². The van der Waals surface area contributed by atoms with Crippen LogP contribution in [0, 0.1) is 11.7 Å². The molecule has 0 aliphatic carbocycles. The molecule has 6 heteroatoms. The molecule has 0 atom stereocenters. The summed E-state index contributed by atoms with van der Waals surface area (Å²) in [6, 6.07) is 8.18. The van der Waals surface area contributed by atoms with Crippen LogP contribution in [0.5, 0.6) is 5.75 Å². The van der Waals surface area contributed by atoms with Crippen LogP contribution >= 0.6 is 0 Å². The molecule has 0 spiro atoms. The quantitative estimate of drug-likeness (QED) is 0.680. The normalized spacial score (nSPS) is 16.8. The van der Waals surface area contributed by atoms with Crippen molar-refractivity contribution < 1.29 is 13.9 Å². The van der Waals surface area contributed by atoms with Crippen LogP contribution in [0.25, 0.3) is 6.08 Å². The Morgan fingerprint density at radius 1 is 1.26 bits per heavy atom. The number of allylic oxidation sites excluding steroid dienone is 1. The Morgan fingerprint density at radius 3 is 2.81 bits per heavy atom. The van der Waals surface area contributed by atoms with E-state index in [9.17, 15) is 9.18 Å². The maximum Gasteiger partial charge on any atom is 0.246 e. The largest absolute Gasteiger partial charge is 0.494 e. The third-order valence-corrected chi connectivity index (χ3v) is 5.93. The van der Waals surface area contributed by atoms with E-state index in [1.165, 1.54) is 12.1 Å². The summed E-state index contributed by atoms with van der Waals surface area (Å²) in [7, 11) is 0. The van der Waals surface area contributed by atoms with Gasteiger partial charge < -0.3 is 15.0 Å². The van der Waals surface area contributed by atoms with Gasteiger partial charge in [0.2, 0.25) is 5.91 Å². The molecule has 5 nitrogen and oxygen atoms in total. The van der Waals surface area contributed by atoms with Crippen molar-refractivity contribution in [1.29, 1.82) is 0 Å². The number of hydrogen-bond acceptors (Lipinski definition) is 4. The first-order chi connectivity index (χ1) is 15.1. The molecule has 0 bridgehead atoms. The van der Waals surface area contributed by atoms with Gasteiger partial charge in [0, 0.05) is 31.1 Å². The molecule has 3 heterocycles. The Hall–Kier alpha value is -3.15. The lowest BCUT2D eigenvalue weighted by atomic mass is 9.94. The number of ether oxygens (including phenoxy) is 1. The van der Waals surface area contributed by atoms with Gasteiger partial charge in [0.15, 0.2) is 0 Å². The van der Waals surface area contributed by atoms with Gasteiger partial charge in [0.05, 0.1) is 6.61 Å². The minimum Gasteiger partial charge on any atom is -0.494 e. The van der Waals surface area contributed by atoms with Gasteiger partial charge in [-0.05, 0) is 85.6 Å². The first-order valence-electron chi connectivity index (χ1n) is 10.9. The molecule has 0 radical (unpaired) electrons. The monoisotopic (exact) mass is 421 g/mol. The highest BCUT2D eigenvalue weighted by Gasteiger charge is 2.21. The fraction of sp³-hybridized carbons (Fsp3) is 0.360. The maximum atomic E-state index is 12.9. The number of nitrogens with zero attached hydrogens (tertiary/aromatic N) is 2. The van der Waals surface area contributed by atoms with E-state index in [0.717, 1.165) is 67.8 Å². The molecule has 0 unspecified atom stereocenters. The van der Waals surface area contributed by atoms with E-state index in [2.05, 4.69) is 22.9 Å². The maximum absolute atomic E-state index is 12.9. The van der Waals surface area contributed by atoms with Crippen molar-refractivity contribution in [2.75, 3.05) is 25.0 Å². The number of pyridine rings is 1. The number of hydrogen-bond donors (Lipinski definition) is 1. The van der Waals surface area contributed by atoms with Crippen LogP contribution in [-0.4, -0.2) is 35.5 Å². The first-order valence-corrected chi connectivity index (χ1v) is 10.9. The summed E-state index contributed by atoms with van der Waals surface area (Å²) in [6.07, 6.45) is 9.99. The number of anilines is 1. The molecule has 2 aliphatic rings. The molecule has 162 valence electrons. The van der Waals surface area contributed by atoms with Gasteiger partial charge >= 0.3 is 0 Å². The molecule has 0 saturated carbocycles. The summed E-state index contributed by atoms with van der Waals surface area (Å²) in [4.78, 5) is 18.9. The number of amides is 1. The fourth-order valence-corrected chi connectivity index (χ4v) is 4.03. The number of piperidine rings is 1. The first kappa shape index (κ1) is 21.1. The number of carbonyl (C=O) groups excluding carboxylic acids is 1. The van der Waals surface area contributed by atoms with Crippen molar-refractivity contribution in [3.8, 4) is 5.75 Å². The van der Waals surface area contributed by atoms with E-state index in [0.29, 0.717) is 18.3 Å². The molecule has 1 amide bonds. The van der Waals surface area contributed by atoms with Gasteiger partial charge in [-0.3, -0.25) is 4.79 Å². The second-order valence-corrected chi connectivity index (χ2v) is 8.20. The lowest BCUT2D eigenvalue weighted by Gasteiger charge is -2.31. The number of aromatic nitrogens is 1. The smallest absolute Gasteiger partial charge is 0.246 e. The Kier molecular flexibility index (Phi) is 6.65. The number of fused-ring (bicyclic) bond motifs is 1. The van der Waals surface area contributed by atoms with Crippen LogP contribution in [0.3, 0.4) is 0 Å². The van der Waals surface area contributed by atoms with Crippen molar-refractivity contribution >= 4 is 17.8 Å². The second kappa shape index (κ2) is 9.77. The van der Waals surface area contributed by atoms with Gasteiger partial charge in [0.1, 0.15) is 17.4 Å². The van der Waals surface area contributed by atoms with E-state index < -0.39 is 0 Å². The van der Waals surface area contributed by atoms with Crippen molar-refractivity contribution in [1.82, 2.24) is 9.88 Å². The molecule has 31 heavy (non-hydrogen) atoms. The SMILES string of the molecule is C=C1CCc2cc(/C=C/C(=O)N3CCC(CCOc4ccc(F)cc4)CC3)cnc2N1. The second-order valence-electron chi connectivity index (χ2n) is 8.20. The predicted molar refractivity (Wildman–Crippen MR) is 120 cm³/mol. The van der Waals surface area contributed by atoms with Gasteiger partial charge in [0.25, 0.3) is 0 Å². The number of halogens is 1. The lowest BCUT2D eigenvalue weighted by Crippen LogP contribution is -2.37. The molecular formula is C25H28FN3O2. The number of aryl methyl sites for hydroxylation is 1. The van der Waals surface area contributed by atoms with Crippen LogP contribution in [0.4, 0.5) is 10.2 Å². The number of benzene rings is 1. The average Bonchev–Trinajstić information content (AvgIpc) is 2.79. The Labute approximate surface area is 182 Å². The van der Waals surface area contributed by atoms with Crippen LogP contribution in [0.2, 0.25) is 0 Å². The van der Waals surface area contributed by atoms with E-state index in [-0.39, 0.29) is 11.7 Å². The fourth-order valence-electron chi connectivity index (χ4n) is 4.03. The lowest BCUT2D eigenvalue weighted by molar-refractivity contribution is -0.127. The number of carbonyl (C=O) groups is 1. The van der Waals surface area contributed by atoms with E-state index >= 15 is 0 Å². The zero-order valence-electron chi connectivity index (χ0n) is 17.6. The molecule has 1 saturated heterocycles. The summed E-state index contributed by atoms with van der Waals surface area (Å²) in [6.45, 7) is 6.08. The topological polar surface area (TPSA) is 54.5 Å². The van der Waals surface area contributed by atoms with Crippen molar-refractivity contribution in [2.45, 2.75) is 32.1 Å². The molecule has 2 aliphatic heterocycles. The van der Waals surface area contributed by atoms with Crippen LogP contribution in [0.1, 0.15) is 36.8 Å². The van der Waals surface area contributed by atoms with Crippen LogP contribution in [-0.2, 0) is 11.2 Å². The number of nitrogens with one attached hydrogen (secondary N) is 1. The molecular weight excluding hydrogens is 393 g/mol. The molecule has 2 aromatic rings. The standard InChI is InChI=1S/C25H28FN3O2/c1-18-2-4-21-16-20(17-27-25(21)28-18)3-9-24(30)29-13-10-19(11-14-29)12-15-31-23-7-5-22(26)6-8-23/h3,5-9,16-17,19H,1-2,4,10-15H2,(H,27,28)/b9-3+. The van der Waals surface area contributed by atoms with E-state index in [1.807, 2.05) is 11.0 Å². The highest BCUT2D eigenvalue weighted by molar-refractivity contribution is 5.91. The van der Waals surface area contributed by atoms with Gasteiger partial charge in [-0.15, -0.1) is 0 Å². The summed E-state index contributed by atoms with van der Waals surface area (Å²) in [5.41, 5.74) is 3.09. The minimum atomic E-state index is -0.260. The third kappa shape index (κ3) is 5.72. The highest BCUT2D eigenvalue weighted by atomic mass is 19.1. The molecule has 1 N–H and O–H groups in total. The molecule has 4 rings (SSSR count). The predicted octanol–water partition coefficient (Wildman–Crippen LogP) is 4.81. The van der Waals surface area contributed by atoms with Crippen molar-refractivity contribution in [2.24, 2.45) is 5.92 Å². The summed E-state index contributed by atoms with van der Waals surface area (Å²) >= 11 is 0. The Bertz CT molecular complexity index is 963.